The second-order valence-electron chi connectivity index (χ2n) is 11.0. The van der Waals surface area contributed by atoms with Crippen molar-refractivity contribution >= 4 is 0 Å². The van der Waals surface area contributed by atoms with Gasteiger partial charge < -0.3 is 10.1 Å². The quantitative estimate of drug-likeness (QED) is 0.446. The molecule has 1 aliphatic heterocycles. The zero-order valence-corrected chi connectivity index (χ0v) is 20.6. The van der Waals surface area contributed by atoms with Crippen LogP contribution in [0.5, 0.6) is 0 Å². The third-order valence-electron chi connectivity index (χ3n) is 8.58. The van der Waals surface area contributed by atoms with Gasteiger partial charge in [0.25, 0.3) is 0 Å². The molecule has 3 aliphatic rings. The van der Waals surface area contributed by atoms with Crippen LogP contribution >= 0.6 is 0 Å². The summed E-state index contributed by atoms with van der Waals surface area (Å²) in [6.45, 7) is 3.49. The Hall–Kier alpha value is -1.99. The monoisotopic (exact) mass is 487 g/mol. The molecule has 1 saturated heterocycles. The van der Waals surface area contributed by atoms with Gasteiger partial charge in [-0.25, -0.2) is 0 Å². The number of aromatic nitrogens is 2. The number of nitrogens with zero attached hydrogens (tertiary/aromatic N) is 2. The average molecular weight is 488 g/mol. The topological polar surface area (TPSA) is 47.0 Å². The molecule has 2 saturated carbocycles. The Morgan fingerprint density at radius 1 is 1.06 bits per heavy atom. The number of rotatable bonds is 7. The zero-order valence-electron chi connectivity index (χ0n) is 20.6. The normalized spacial score (nSPS) is 24.6. The Kier molecular flexibility index (Phi) is 6.92. The third kappa shape index (κ3) is 5.26. The van der Waals surface area contributed by atoms with Gasteiger partial charge in [-0.2, -0.15) is 13.2 Å². The van der Waals surface area contributed by atoms with Gasteiger partial charge in [0, 0.05) is 36.7 Å². The molecule has 1 N–H and O–H groups in total. The first-order valence-corrected chi connectivity index (χ1v) is 13.1. The summed E-state index contributed by atoms with van der Waals surface area (Å²) in [5, 5.41) is 3.47. The van der Waals surface area contributed by atoms with Crippen LogP contribution in [0.15, 0.2) is 30.6 Å². The van der Waals surface area contributed by atoms with E-state index in [1.807, 2.05) is 0 Å². The molecule has 5 rings (SSSR count). The van der Waals surface area contributed by atoms with Crippen molar-refractivity contribution < 1.29 is 17.9 Å². The Bertz CT molecular complexity index is 1010. The van der Waals surface area contributed by atoms with Crippen LogP contribution < -0.4 is 5.32 Å². The Morgan fingerprint density at radius 2 is 1.86 bits per heavy atom. The van der Waals surface area contributed by atoms with E-state index in [0.29, 0.717) is 12.5 Å². The van der Waals surface area contributed by atoms with E-state index >= 15 is 0 Å². The molecular weight excluding hydrogens is 451 g/mol. The van der Waals surface area contributed by atoms with E-state index in [9.17, 15) is 13.2 Å². The number of aryl methyl sites for hydroxylation is 1. The Morgan fingerprint density at radius 3 is 2.49 bits per heavy atom. The number of halogens is 3. The van der Waals surface area contributed by atoms with Gasteiger partial charge in [-0.1, -0.05) is 31.4 Å². The molecule has 35 heavy (non-hydrogen) atoms. The van der Waals surface area contributed by atoms with Gasteiger partial charge in [-0.05, 0) is 87.1 Å². The third-order valence-corrected chi connectivity index (χ3v) is 8.58. The molecule has 1 spiro atoms. The number of ether oxygens (including phenoxy) is 1. The summed E-state index contributed by atoms with van der Waals surface area (Å²) in [6.07, 6.45) is 10.5. The van der Waals surface area contributed by atoms with Gasteiger partial charge in [-0.3, -0.25) is 9.97 Å². The lowest BCUT2D eigenvalue weighted by atomic mass is 9.67. The van der Waals surface area contributed by atoms with Gasteiger partial charge in [0.05, 0.1) is 5.60 Å². The van der Waals surface area contributed by atoms with E-state index < -0.39 is 11.9 Å². The van der Waals surface area contributed by atoms with Gasteiger partial charge in [-0.15, -0.1) is 0 Å². The van der Waals surface area contributed by atoms with Crippen molar-refractivity contribution in [2.45, 2.75) is 101 Å². The molecule has 3 heterocycles. The van der Waals surface area contributed by atoms with Crippen LogP contribution in [-0.4, -0.2) is 28.7 Å². The van der Waals surface area contributed by atoms with Crippen molar-refractivity contribution in [3.05, 3.63) is 58.7 Å². The van der Waals surface area contributed by atoms with Gasteiger partial charge >= 0.3 is 6.18 Å². The minimum absolute atomic E-state index is 0.0268. The maximum atomic E-state index is 13.0. The lowest BCUT2D eigenvalue weighted by molar-refractivity contribution is -0.141. The van der Waals surface area contributed by atoms with E-state index in [1.54, 1.807) is 6.07 Å². The smallest absolute Gasteiger partial charge is 0.375 e. The van der Waals surface area contributed by atoms with Crippen molar-refractivity contribution in [2.24, 2.45) is 0 Å². The average Bonchev–Trinajstić information content (AvgIpc) is 3.22. The van der Waals surface area contributed by atoms with Crippen LogP contribution in [0.4, 0.5) is 13.2 Å². The predicted molar refractivity (Wildman–Crippen MR) is 129 cm³/mol. The second kappa shape index (κ2) is 9.81. The molecule has 0 amide bonds. The fraction of sp³-hybridized carbons (Fsp3) is 0.643. The fourth-order valence-corrected chi connectivity index (χ4v) is 6.41. The largest absolute Gasteiger partial charge is 0.433 e. The molecule has 7 heteroatoms. The summed E-state index contributed by atoms with van der Waals surface area (Å²) >= 11 is 0. The molecule has 1 atom stereocenters. The number of nitrogens with one attached hydrogen (secondary N) is 1. The summed E-state index contributed by atoms with van der Waals surface area (Å²) in [6, 6.07) is 6.13. The van der Waals surface area contributed by atoms with E-state index in [-0.39, 0.29) is 16.6 Å². The molecule has 2 aliphatic carbocycles. The number of hydrogen-bond donors (Lipinski definition) is 1. The van der Waals surface area contributed by atoms with Crippen LogP contribution in [0.3, 0.4) is 0 Å². The highest BCUT2D eigenvalue weighted by Crippen LogP contribution is 2.50. The molecule has 190 valence electrons. The molecule has 4 nitrogen and oxygen atoms in total. The summed E-state index contributed by atoms with van der Waals surface area (Å²) in [4.78, 5) is 8.68. The predicted octanol–water partition coefficient (Wildman–Crippen LogP) is 6.61. The van der Waals surface area contributed by atoms with E-state index in [1.165, 1.54) is 56.5 Å². The molecule has 2 aromatic rings. The number of hydrogen-bond acceptors (Lipinski definition) is 4. The Balaban J connectivity index is 1.28. The lowest BCUT2D eigenvalue weighted by Gasteiger charge is -2.46. The second-order valence-corrected chi connectivity index (χ2v) is 11.0. The molecular formula is C28H36F3N3O. The van der Waals surface area contributed by atoms with Crippen molar-refractivity contribution in [3.8, 4) is 0 Å². The van der Waals surface area contributed by atoms with Crippen LogP contribution in [0.25, 0.3) is 0 Å². The van der Waals surface area contributed by atoms with Crippen LogP contribution in [0, 0.1) is 6.92 Å². The Labute approximate surface area is 206 Å². The first kappa shape index (κ1) is 24.7. The number of alkyl halides is 3. The maximum Gasteiger partial charge on any atom is 0.433 e. The first-order valence-electron chi connectivity index (χ1n) is 13.1. The highest BCUT2D eigenvalue weighted by molar-refractivity contribution is 5.27. The minimum atomic E-state index is -4.41. The highest BCUT2D eigenvalue weighted by atomic mass is 19.4. The summed E-state index contributed by atoms with van der Waals surface area (Å²) in [5.74, 6) is 0.672. The van der Waals surface area contributed by atoms with E-state index in [2.05, 4.69) is 28.6 Å². The molecule has 0 aromatic carbocycles. The zero-order chi connectivity index (χ0) is 24.5. The van der Waals surface area contributed by atoms with Crippen LogP contribution in [0.2, 0.25) is 0 Å². The SMILES string of the molecule is Cc1cc(CNCC[C@@]2(c3ccc(C4CCC4)cn3)CCOC3(CCCC3)C2)cnc1C(F)(F)F. The van der Waals surface area contributed by atoms with Crippen molar-refractivity contribution in [1.29, 1.82) is 0 Å². The molecule has 0 radical (unpaired) electrons. The van der Waals surface area contributed by atoms with Gasteiger partial charge in [0.2, 0.25) is 0 Å². The van der Waals surface area contributed by atoms with E-state index in [4.69, 9.17) is 9.72 Å². The molecule has 2 aromatic heterocycles. The van der Waals surface area contributed by atoms with Crippen molar-refractivity contribution in [2.75, 3.05) is 13.2 Å². The lowest BCUT2D eigenvalue weighted by Crippen LogP contribution is -2.47. The number of pyridine rings is 2. The van der Waals surface area contributed by atoms with Crippen molar-refractivity contribution in [1.82, 2.24) is 15.3 Å². The molecule has 3 fully saturated rings. The first-order chi connectivity index (χ1) is 16.8. The van der Waals surface area contributed by atoms with E-state index in [0.717, 1.165) is 50.8 Å². The molecule has 0 bridgehead atoms. The van der Waals surface area contributed by atoms with Gasteiger partial charge in [0.1, 0.15) is 5.69 Å². The fourth-order valence-electron chi connectivity index (χ4n) is 6.41. The van der Waals surface area contributed by atoms with Gasteiger partial charge in [0.15, 0.2) is 0 Å². The summed E-state index contributed by atoms with van der Waals surface area (Å²) in [7, 11) is 0. The summed E-state index contributed by atoms with van der Waals surface area (Å²) < 4.78 is 45.4. The highest BCUT2D eigenvalue weighted by Gasteiger charge is 2.48. The molecule has 0 unspecified atom stereocenters. The van der Waals surface area contributed by atoms with Crippen LogP contribution in [0.1, 0.15) is 98.2 Å². The van der Waals surface area contributed by atoms with Crippen LogP contribution in [-0.2, 0) is 22.9 Å². The van der Waals surface area contributed by atoms with Crippen molar-refractivity contribution in [3.63, 3.8) is 0 Å². The maximum absolute atomic E-state index is 13.0. The summed E-state index contributed by atoms with van der Waals surface area (Å²) in [5.41, 5.74) is 2.59. The minimum Gasteiger partial charge on any atom is -0.375 e. The standard InChI is InChI=1S/C28H36F3N3O/c1-20-15-21(17-34-25(20)28(29,30)31)16-32-13-11-26(12-14-35-27(19-26)9-2-3-10-27)24-8-7-23(18-33-24)22-5-4-6-22/h7-8,15,17-18,22,32H,2-6,9-14,16,19H2,1H3/t26-/m1/s1.